The molecule has 2 aliphatic heterocycles. The Balaban J connectivity index is 1.16. The first-order chi connectivity index (χ1) is 14.9. The van der Waals surface area contributed by atoms with Gasteiger partial charge in [0.15, 0.2) is 0 Å². The molecule has 2 aromatic carbocycles. The zero-order valence-corrected chi connectivity index (χ0v) is 19.9. The largest absolute Gasteiger partial charge is 0.376 e. The van der Waals surface area contributed by atoms with Gasteiger partial charge in [0, 0.05) is 11.3 Å². The zero-order valence-electron chi connectivity index (χ0n) is 18.1. The Hall–Kier alpha value is -0.780. The Bertz CT molecular complexity index is 661. The fraction of sp³-hybridized carbons (Fsp3) is 0.538. The van der Waals surface area contributed by atoms with E-state index in [1.54, 1.807) is 0 Å². The molecule has 0 bridgehead atoms. The van der Waals surface area contributed by atoms with Crippen molar-refractivity contribution in [3.63, 3.8) is 0 Å². The van der Waals surface area contributed by atoms with Crippen molar-refractivity contribution < 1.29 is 9.47 Å². The summed E-state index contributed by atoms with van der Waals surface area (Å²) < 4.78 is 12.2. The van der Waals surface area contributed by atoms with E-state index in [0.29, 0.717) is 0 Å². The van der Waals surface area contributed by atoms with Crippen molar-refractivity contribution in [1.82, 2.24) is 0 Å². The lowest BCUT2D eigenvalue weighted by molar-refractivity contribution is 0.120. The number of hydrogen-bond acceptors (Lipinski definition) is 2. The van der Waals surface area contributed by atoms with Gasteiger partial charge in [0.2, 0.25) is 0 Å². The van der Waals surface area contributed by atoms with Gasteiger partial charge in [-0.1, -0.05) is 60.7 Å². The van der Waals surface area contributed by atoms with E-state index in [-0.39, 0.29) is 15.8 Å². The summed E-state index contributed by atoms with van der Waals surface area (Å²) in [7, 11) is 0.354. The molecule has 0 saturated carbocycles. The molecule has 4 atom stereocenters. The highest BCUT2D eigenvalue weighted by Gasteiger charge is 2.31. The molecule has 0 N–H and O–H groups in total. The lowest BCUT2D eigenvalue weighted by atomic mass is 10.2. The van der Waals surface area contributed by atoms with Crippen LogP contribution >= 0.6 is 15.8 Å². The lowest BCUT2D eigenvalue weighted by Crippen LogP contribution is -2.15. The molecular formula is C26H36O2P2. The van der Waals surface area contributed by atoms with Gasteiger partial charge in [0.1, 0.15) is 0 Å². The van der Waals surface area contributed by atoms with E-state index >= 15 is 0 Å². The summed E-state index contributed by atoms with van der Waals surface area (Å²) in [4.78, 5) is 0. The van der Waals surface area contributed by atoms with Crippen molar-refractivity contribution in [2.75, 3.05) is 37.9 Å². The predicted molar refractivity (Wildman–Crippen MR) is 132 cm³/mol. The summed E-state index contributed by atoms with van der Waals surface area (Å²) in [6.45, 7) is 3.49. The second-order valence-corrected chi connectivity index (χ2v) is 14.3. The van der Waals surface area contributed by atoms with Crippen molar-refractivity contribution in [1.29, 1.82) is 0 Å². The Morgan fingerprint density at radius 2 is 1.07 bits per heavy atom. The smallest absolute Gasteiger partial charge is 0.0717 e. The Kier molecular flexibility index (Phi) is 9.19. The van der Waals surface area contributed by atoms with Crippen LogP contribution in [0.2, 0.25) is 0 Å². The van der Waals surface area contributed by atoms with Crippen molar-refractivity contribution >= 4 is 15.8 Å². The van der Waals surface area contributed by atoms with E-state index in [9.17, 15) is 0 Å². The molecule has 4 rings (SSSR count). The van der Waals surface area contributed by atoms with E-state index in [1.165, 1.54) is 61.5 Å². The van der Waals surface area contributed by atoms with E-state index in [1.807, 2.05) is 0 Å². The molecule has 2 aliphatic rings. The summed E-state index contributed by atoms with van der Waals surface area (Å²) in [5.41, 5.74) is 4.28. The molecule has 0 spiro atoms. The average molecular weight is 443 g/mol. The highest BCUT2D eigenvalue weighted by atomic mass is 31.1. The van der Waals surface area contributed by atoms with Crippen molar-refractivity contribution in [3.05, 3.63) is 71.8 Å². The third kappa shape index (κ3) is 6.86. The first-order valence-electron chi connectivity index (χ1n) is 11.6. The molecule has 2 nitrogen and oxygen atoms in total. The Morgan fingerprint density at radius 1 is 0.633 bits per heavy atom. The molecule has 0 amide bonds. The molecule has 2 fully saturated rings. The third-order valence-electron chi connectivity index (χ3n) is 6.52. The topological polar surface area (TPSA) is 18.5 Å². The second kappa shape index (κ2) is 12.3. The normalized spacial score (nSPS) is 26.3. The quantitative estimate of drug-likeness (QED) is 0.360. The van der Waals surface area contributed by atoms with Gasteiger partial charge in [-0.2, -0.15) is 0 Å². The molecule has 162 valence electrons. The summed E-state index contributed by atoms with van der Waals surface area (Å²) in [5, 5.41) is 0. The molecule has 0 aromatic heterocycles. The fourth-order valence-corrected chi connectivity index (χ4v) is 11.7. The van der Waals surface area contributed by atoms with Crippen molar-refractivity contribution in [2.45, 2.75) is 50.2 Å². The van der Waals surface area contributed by atoms with Crippen LogP contribution in [0, 0.1) is 0 Å². The first kappa shape index (κ1) is 22.4. The van der Waals surface area contributed by atoms with Gasteiger partial charge in [-0.15, -0.1) is 15.8 Å². The van der Waals surface area contributed by atoms with E-state index in [2.05, 4.69) is 60.7 Å². The van der Waals surface area contributed by atoms with Gasteiger partial charge in [-0.05, 0) is 61.5 Å². The summed E-state index contributed by atoms with van der Waals surface area (Å²) in [5.74, 6) is 0. The molecule has 2 saturated heterocycles. The summed E-state index contributed by atoms with van der Waals surface area (Å²) in [6.07, 6.45) is 11.6. The number of rotatable bonds is 11. The third-order valence-corrected chi connectivity index (χ3v) is 13.1. The SMILES string of the molecule is c1ccc(COC[C@H]2CCCP2CCP2CCC[C@@H]2COCc2ccccc2)cc1. The minimum Gasteiger partial charge on any atom is -0.376 e. The minimum absolute atomic E-state index is 0.177. The average Bonchev–Trinajstić information content (AvgIpc) is 3.43. The van der Waals surface area contributed by atoms with Crippen LogP contribution in [0.1, 0.15) is 36.8 Å². The molecule has 0 aliphatic carbocycles. The number of ether oxygens (including phenoxy) is 2. The van der Waals surface area contributed by atoms with Gasteiger partial charge in [0.05, 0.1) is 26.4 Å². The van der Waals surface area contributed by atoms with Crippen LogP contribution in [0.5, 0.6) is 0 Å². The Labute approximate surface area is 185 Å². The molecule has 2 heterocycles. The van der Waals surface area contributed by atoms with Crippen LogP contribution in [0.3, 0.4) is 0 Å². The lowest BCUT2D eigenvalue weighted by Gasteiger charge is -2.25. The standard InChI is InChI=1S/C26H36O2P2/c1-3-9-23(10-4-1)19-27-21-25-13-7-15-29(25)17-18-30-16-8-14-26(30)22-28-20-24-11-5-2-6-12-24/h1-6,9-12,25-26H,7-8,13-22H2/t25-,26-,29?,30?/m1/s1. The highest BCUT2D eigenvalue weighted by molar-refractivity contribution is 7.62. The van der Waals surface area contributed by atoms with Crippen LogP contribution < -0.4 is 0 Å². The molecule has 4 heteroatoms. The van der Waals surface area contributed by atoms with Gasteiger partial charge >= 0.3 is 0 Å². The predicted octanol–water partition coefficient (Wildman–Crippen LogP) is 6.71. The van der Waals surface area contributed by atoms with Crippen molar-refractivity contribution in [3.8, 4) is 0 Å². The second-order valence-electron chi connectivity index (χ2n) is 8.67. The van der Waals surface area contributed by atoms with Crippen LogP contribution in [0.25, 0.3) is 0 Å². The Morgan fingerprint density at radius 3 is 1.50 bits per heavy atom. The minimum atomic E-state index is 0.177. The van der Waals surface area contributed by atoms with Gasteiger partial charge < -0.3 is 9.47 Å². The monoisotopic (exact) mass is 442 g/mol. The van der Waals surface area contributed by atoms with E-state index < -0.39 is 0 Å². The number of hydrogen-bond donors (Lipinski definition) is 0. The maximum atomic E-state index is 6.12. The zero-order chi connectivity index (χ0) is 20.4. The van der Waals surface area contributed by atoms with Crippen LogP contribution in [-0.4, -0.2) is 49.2 Å². The van der Waals surface area contributed by atoms with E-state index in [0.717, 1.165) is 37.7 Å². The van der Waals surface area contributed by atoms with Gasteiger partial charge in [-0.25, -0.2) is 0 Å². The van der Waals surface area contributed by atoms with Gasteiger partial charge in [0.25, 0.3) is 0 Å². The summed E-state index contributed by atoms with van der Waals surface area (Å²) >= 11 is 0. The summed E-state index contributed by atoms with van der Waals surface area (Å²) in [6, 6.07) is 21.2. The molecule has 2 aromatic rings. The molecule has 2 unspecified atom stereocenters. The molecule has 0 radical (unpaired) electrons. The van der Waals surface area contributed by atoms with Crippen LogP contribution in [0.15, 0.2) is 60.7 Å². The number of benzene rings is 2. The maximum absolute atomic E-state index is 6.12. The van der Waals surface area contributed by atoms with Gasteiger partial charge in [-0.3, -0.25) is 0 Å². The van der Waals surface area contributed by atoms with E-state index in [4.69, 9.17) is 9.47 Å². The fourth-order valence-electron chi connectivity index (χ4n) is 4.79. The van der Waals surface area contributed by atoms with Crippen LogP contribution in [0.4, 0.5) is 0 Å². The highest BCUT2D eigenvalue weighted by Crippen LogP contribution is 2.56. The molecule has 30 heavy (non-hydrogen) atoms. The van der Waals surface area contributed by atoms with Crippen LogP contribution in [-0.2, 0) is 22.7 Å². The maximum Gasteiger partial charge on any atom is 0.0717 e. The van der Waals surface area contributed by atoms with Crippen molar-refractivity contribution in [2.24, 2.45) is 0 Å². The first-order valence-corrected chi connectivity index (χ1v) is 15.2. The molecular weight excluding hydrogens is 406 g/mol.